The molecule has 0 aliphatic carbocycles. The SMILES string of the molecule is COc1ccc(CNC(=O)CN(c2ccc(Oc3ccccc3)cc2)S(C)(=O)=O)cc1. The van der Waals surface area contributed by atoms with Crippen LogP contribution in [0.15, 0.2) is 78.9 Å². The molecular weight excluding hydrogens is 416 g/mol. The van der Waals surface area contributed by atoms with Crippen molar-refractivity contribution in [3.63, 3.8) is 0 Å². The summed E-state index contributed by atoms with van der Waals surface area (Å²) in [5.41, 5.74) is 1.25. The summed E-state index contributed by atoms with van der Waals surface area (Å²) in [5, 5.41) is 2.74. The highest BCUT2D eigenvalue weighted by Crippen LogP contribution is 2.25. The van der Waals surface area contributed by atoms with Crippen LogP contribution < -0.4 is 19.1 Å². The molecular formula is C23H24N2O5S. The van der Waals surface area contributed by atoms with Gasteiger partial charge in [-0.25, -0.2) is 8.42 Å². The van der Waals surface area contributed by atoms with Crippen molar-refractivity contribution in [3.05, 3.63) is 84.4 Å². The van der Waals surface area contributed by atoms with Gasteiger partial charge in [-0.2, -0.15) is 0 Å². The molecule has 8 heteroatoms. The van der Waals surface area contributed by atoms with Gasteiger partial charge in [0.25, 0.3) is 0 Å². The van der Waals surface area contributed by atoms with Gasteiger partial charge in [-0.1, -0.05) is 30.3 Å². The highest BCUT2D eigenvalue weighted by Gasteiger charge is 2.21. The minimum atomic E-state index is -3.66. The lowest BCUT2D eigenvalue weighted by Crippen LogP contribution is -2.40. The average Bonchev–Trinajstić information content (AvgIpc) is 2.77. The number of carbonyl (C=O) groups excluding carboxylic acids is 1. The van der Waals surface area contributed by atoms with E-state index in [1.165, 1.54) is 0 Å². The Hall–Kier alpha value is -3.52. The first-order valence-corrected chi connectivity index (χ1v) is 11.4. The minimum Gasteiger partial charge on any atom is -0.497 e. The summed E-state index contributed by atoms with van der Waals surface area (Å²) < 4.78 is 36.5. The Morgan fingerprint density at radius 1 is 0.871 bits per heavy atom. The van der Waals surface area contributed by atoms with E-state index in [1.807, 2.05) is 42.5 Å². The Kier molecular flexibility index (Phi) is 7.15. The number of rotatable bonds is 9. The summed E-state index contributed by atoms with van der Waals surface area (Å²) in [7, 11) is -2.08. The third-order valence-electron chi connectivity index (χ3n) is 4.44. The average molecular weight is 441 g/mol. The van der Waals surface area contributed by atoms with Gasteiger partial charge < -0.3 is 14.8 Å². The molecule has 0 fully saturated rings. The van der Waals surface area contributed by atoms with Gasteiger partial charge in [0.1, 0.15) is 23.8 Å². The lowest BCUT2D eigenvalue weighted by Gasteiger charge is -2.22. The quantitative estimate of drug-likeness (QED) is 0.550. The molecule has 3 aromatic carbocycles. The van der Waals surface area contributed by atoms with E-state index in [1.54, 1.807) is 43.5 Å². The molecule has 0 aliphatic rings. The highest BCUT2D eigenvalue weighted by molar-refractivity contribution is 7.92. The van der Waals surface area contributed by atoms with Crippen LogP contribution in [0.2, 0.25) is 0 Å². The first-order valence-electron chi connectivity index (χ1n) is 9.55. The van der Waals surface area contributed by atoms with Crippen molar-refractivity contribution in [1.82, 2.24) is 5.32 Å². The monoisotopic (exact) mass is 440 g/mol. The number of amides is 1. The van der Waals surface area contributed by atoms with Crippen LogP contribution >= 0.6 is 0 Å². The molecule has 0 saturated carbocycles. The fourth-order valence-corrected chi connectivity index (χ4v) is 3.69. The topological polar surface area (TPSA) is 84.9 Å². The van der Waals surface area contributed by atoms with Crippen molar-refractivity contribution in [1.29, 1.82) is 0 Å². The van der Waals surface area contributed by atoms with Gasteiger partial charge in [-0.05, 0) is 54.1 Å². The molecule has 3 rings (SSSR count). The molecule has 0 radical (unpaired) electrons. The third-order valence-corrected chi connectivity index (χ3v) is 5.58. The van der Waals surface area contributed by atoms with E-state index in [-0.39, 0.29) is 13.1 Å². The zero-order valence-electron chi connectivity index (χ0n) is 17.3. The van der Waals surface area contributed by atoms with Crippen LogP contribution in [0.4, 0.5) is 5.69 Å². The van der Waals surface area contributed by atoms with E-state index in [9.17, 15) is 13.2 Å². The number of methoxy groups -OCH3 is 1. The number of ether oxygens (including phenoxy) is 2. The third kappa shape index (κ3) is 6.48. The number of nitrogens with one attached hydrogen (secondary N) is 1. The predicted octanol–water partition coefficient (Wildman–Crippen LogP) is 3.57. The van der Waals surface area contributed by atoms with Gasteiger partial charge in [-0.3, -0.25) is 9.10 Å². The molecule has 0 heterocycles. The molecule has 0 unspecified atom stereocenters. The van der Waals surface area contributed by atoms with Crippen molar-refractivity contribution in [2.45, 2.75) is 6.54 Å². The van der Waals surface area contributed by atoms with Gasteiger partial charge in [0.15, 0.2) is 0 Å². The lowest BCUT2D eigenvalue weighted by molar-refractivity contribution is -0.119. The van der Waals surface area contributed by atoms with E-state index in [0.29, 0.717) is 17.2 Å². The predicted molar refractivity (Wildman–Crippen MR) is 120 cm³/mol. The fraction of sp³-hybridized carbons (Fsp3) is 0.174. The van der Waals surface area contributed by atoms with Crippen LogP contribution in [0.1, 0.15) is 5.56 Å². The molecule has 162 valence electrons. The second kappa shape index (κ2) is 9.99. The summed E-state index contributed by atoms with van der Waals surface area (Å²) in [6.45, 7) is -0.0435. The second-order valence-electron chi connectivity index (χ2n) is 6.80. The Morgan fingerprint density at radius 3 is 2.03 bits per heavy atom. The second-order valence-corrected chi connectivity index (χ2v) is 8.71. The van der Waals surface area contributed by atoms with Crippen LogP contribution in [0.3, 0.4) is 0 Å². The number of hydrogen-bond acceptors (Lipinski definition) is 5. The molecule has 0 bridgehead atoms. The lowest BCUT2D eigenvalue weighted by atomic mass is 10.2. The zero-order chi connectivity index (χ0) is 22.3. The van der Waals surface area contributed by atoms with Crippen LogP contribution in [0, 0.1) is 0 Å². The van der Waals surface area contributed by atoms with E-state index in [0.717, 1.165) is 21.9 Å². The maximum absolute atomic E-state index is 12.4. The Morgan fingerprint density at radius 2 is 1.45 bits per heavy atom. The molecule has 1 N–H and O–H groups in total. The van der Waals surface area contributed by atoms with Crippen molar-refractivity contribution < 1.29 is 22.7 Å². The van der Waals surface area contributed by atoms with Crippen LogP contribution in [-0.4, -0.2) is 34.2 Å². The van der Waals surface area contributed by atoms with E-state index < -0.39 is 15.9 Å². The summed E-state index contributed by atoms with van der Waals surface area (Å²) in [6.07, 6.45) is 1.07. The molecule has 3 aromatic rings. The van der Waals surface area contributed by atoms with Crippen molar-refractivity contribution in [2.24, 2.45) is 0 Å². The van der Waals surface area contributed by atoms with Crippen molar-refractivity contribution in [3.8, 4) is 17.2 Å². The van der Waals surface area contributed by atoms with Gasteiger partial charge >= 0.3 is 0 Å². The van der Waals surface area contributed by atoms with Gasteiger partial charge in [0.05, 0.1) is 19.1 Å². The van der Waals surface area contributed by atoms with E-state index in [4.69, 9.17) is 9.47 Å². The van der Waals surface area contributed by atoms with Gasteiger partial charge in [0.2, 0.25) is 15.9 Å². The number of anilines is 1. The van der Waals surface area contributed by atoms with Gasteiger partial charge in [-0.15, -0.1) is 0 Å². The molecule has 0 aromatic heterocycles. The molecule has 0 spiro atoms. The van der Waals surface area contributed by atoms with E-state index >= 15 is 0 Å². The fourth-order valence-electron chi connectivity index (χ4n) is 2.84. The van der Waals surface area contributed by atoms with Gasteiger partial charge in [0, 0.05) is 6.54 Å². The number of para-hydroxylation sites is 1. The standard InChI is InChI=1S/C23H24N2O5S/c1-29-20-12-8-18(9-13-20)16-24-23(26)17-25(31(2,27)28)19-10-14-22(15-11-19)30-21-6-4-3-5-7-21/h3-15H,16-17H2,1-2H3,(H,24,26). The minimum absolute atomic E-state index is 0.282. The molecule has 0 saturated heterocycles. The molecule has 31 heavy (non-hydrogen) atoms. The van der Waals surface area contributed by atoms with Crippen LogP contribution in [-0.2, 0) is 21.4 Å². The van der Waals surface area contributed by atoms with Crippen LogP contribution in [0.25, 0.3) is 0 Å². The molecule has 0 aliphatic heterocycles. The number of nitrogens with zero attached hydrogens (tertiary/aromatic N) is 1. The molecule has 1 amide bonds. The maximum Gasteiger partial charge on any atom is 0.241 e. The van der Waals surface area contributed by atoms with E-state index in [2.05, 4.69) is 5.32 Å². The number of hydrogen-bond donors (Lipinski definition) is 1. The number of sulfonamides is 1. The normalized spacial score (nSPS) is 10.9. The number of benzene rings is 3. The van der Waals surface area contributed by atoms with Crippen LogP contribution in [0.5, 0.6) is 17.2 Å². The summed E-state index contributed by atoms with van der Waals surface area (Å²) >= 11 is 0. The Bertz CT molecular complexity index is 1100. The Labute approximate surface area is 182 Å². The Balaban J connectivity index is 1.65. The maximum atomic E-state index is 12.4. The zero-order valence-corrected chi connectivity index (χ0v) is 18.1. The first kappa shape index (κ1) is 22.2. The largest absolute Gasteiger partial charge is 0.497 e. The summed E-state index contributed by atoms with van der Waals surface area (Å²) in [6, 6.07) is 23.1. The first-order chi connectivity index (χ1) is 14.8. The summed E-state index contributed by atoms with van der Waals surface area (Å²) in [4.78, 5) is 12.4. The van der Waals surface area contributed by atoms with Crippen molar-refractivity contribution >= 4 is 21.6 Å². The number of carbonyl (C=O) groups is 1. The smallest absolute Gasteiger partial charge is 0.241 e. The highest BCUT2D eigenvalue weighted by atomic mass is 32.2. The van der Waals surface area contributed by atoms with Crippen molar-refractivity contribution in [2.75, 3.05) is 24.2 Å². The molecule has 0 atom stereocenters. The summed E-state index contributed by atoms with van der Waals surface area (Å²) in [5.74, 6) is 1.55. The molecule has 7 nitrogen and oxygen atoms in total.